The largest absolute Gasteiger partial charge is 0.351 e. The summed E-state index contributed by atoms with van der Waals surface area (Å²) in [5.41, 5.74) is 3.59. The summed E-state index contributed by atoms with van der Waals surface area (Å²) in [5.74, 6) is 0.278. The summed E-state index contributed by atoms with van der Waals surface area (Å²) in [5, 5.41) is 5.98. The summed E-state index contributed by atoms with van der Waals surface area (Å²) in [6.07, 6.45) is 6.49. The lowest BCUT2D eigenvalue weighted by Gasteiger charge is -2.14. The Kier molecular flexibility index (Phi) is 5.86. The van der Waals surface area contributed by atoms with Crippen molar-refractivity contribution in [1.29, 1.82) is 0 Å². The summed E-state index contributed by atoms with van der Waals surface area (Å²) in [7, 11) is 0. The summed E-state index contributed by atoms with van der Waals surface area (Å²) >= 11 is 0. The molecule has 0 saturated carbocycles. The number of benzene rings is 1. The molecule has 5 nitrogen and oxygen atoms in total. The van der Waals surface area contributed by atoms with Crippen LogP contribution >= 0.6 is 0 Å². The van der Waals surface area contributed by atoms with Crippen LogP contribution in [0, 0.1) is 0 Å². The van der Waals surface area contributed by atoms with Crippen LogP contribution in [0.4, 0.5) is 11.6 Å². The van der Waals surface area contributed by atoms with E-state index in [0.29, 0.717) is 18.1 Å². The number of nitrogens with one attached hydrogen (secondary N) is 2. The molecule has 0 aliphatic rings. The average Bonchev–Trinajstić information content (AvgIpc) is 2.60. The number of carbonyl (C=O) groups is 1. The van der Waals surface area contributed by atoms with Crippen LogP contribution in [0.2, 0.25) is 0 Å². The van der Waals surface area contributed by atoms with E-state index in [4.69, 9.17) is 0 Å². The zero-order valence-electron chi connectivity index (χ0n) is 13.6. The third kappa shape index (κ3) is 4.16. The van der Waals surface area contributed by atoms with Crippen molar-refractivity contribution < 1.29 is 4.79 Å². The number of aromatic nitrogens is 2. The second-order valence-electron chi connectivity index (χ2n) is 5.08. The van der Waals surface area contributed by atoms with Gasteiger partial charge in [0.05, 0.1) is 5.56 Å². The molecule has 0 bridgehead atoms. The van der Waals surface area contributed by atoms with Crippen molar-refractivity contribution in [3.8, 4) is 0 Å². The van der Waals surface area contributed by atoms with E-state index in [-0.39, 0.29) is 5.91 Å². The first kappa shape index (κ1) is 16.7. The maximum atomic E-state index is 12.4. The van der Waals surface area contributed by atoms with E-state index in [2.05, 4.69) is 41.0 Å². The number of para-hydroxylation sites is 1. The van der Waals surface area contributed by atoms with Crippen LogP contribution in [0.15, 0.2) is 43.2 Å². The molecule has 0 atom stereocenters. The van der Waals surface area contributed by atoms with E-state index in [0.717, 1.165) is 29.7 Å². The Balaban J connectivity index is 2.17. The highest BCUT2D eigenvalue weighted by Gasteiger charge is 2.12. The Labute approximate surface area is 136 Å². The standard InChI is InChI=1S/C18H22N4O/c1-4-10-19-18-20-11-15(12-21-18)17(23)22-16-13(5-2)8-7-9-14(16)6-3/h4,7-9,11-12H,1,5-6,10H2,2-3H3,(H,22,23)(H,19,20,21). The molecule has 5 heteroatoms. The van der Waals surface area contributed by atoms with Gasteiger partial charge in [0.15, 0.2) is 0 Å². The van der Waals surface area contributed by atoms with Gasteiger partial charge in [0.2, 0.25) is 5.95 Å². The van der Waals surface area contributed by atoms with Gasteiger partial charge in [0, 0.05) is 24.6 Å². The lowest BCUT2D eigenvalue weighted by atomic mass is 10.0. The second-order valence-corrected chi connectivity index (χ2v) is 5.08. The van der Waals surface area contributed by atoms with Crippen molar-refractivity contribution >= 4 is 17.5 Å². The quantitative estimate of drug-likeness (QED) is 0.769. The Bertz CT molecular complexity index is 658. The minimum absolute atomic E-state index is 0.198. The van der Waals surface area contributed by atoms with E-state index in [1.54, 1.807) is 6.08 Å². The molecule has 120 valence electrons. The zero-order chi connectivity index (χ0) is 16.7. The second kappa shape index (κ2) is 8.08. The molecular weight excluding hydrogens is 288 g/mol. The molecule has 1 aromatic heterocycles. The number of rotatable bonds is 7. The van der Waals surface area contributed by atoms with Gasteiger partial charge >= 0.3 is 0 Å². The van der Waals surface area contributed by atoms with Crippen molar-refractivity contribution in [2.24, 2.45) is 0 Å². The van der Waals surface area contributed by atoms with Crippen molar-refractivity contribution in [3.05, 3.63) is 59.9 Å². The molecule has 23 heavy (non-hydrogen) atoms. The van der Waals surface area contributed by atoms with Crippen LogP contribution in [0.1, 0.15) is 35.3 Å². The first-order chi connectivity index (χ1) is 11.2. The van der Waals surface area contributed by atoms with E-state index in [1.165, 1.54) is 12.4 Å². The van der Waals surface area contributed by atoms with E-state index in [9.17, 15) is 4.79 Å². The van der Waals surface area contributed by atoms with Crippen molar-refractivity contribution in [1.82, 2.24) is 9.97 Å². The van der Waals surface area contributed by atoms with Crippen LogP contribution in [0.5, 0.6) is 0 Å². The highest BCUT2D eigenvalue weighted by atomic mass is 16.1. The molecule has 0 spiro atoms. The number of hydrogen-bond acceptors (Lipinski definition) is 4. The van der Waals surface area contributed by atoms with E-state index >= 15 is 0 Å². The van der Waals surface area contributed by atoms with Crippen LogP contribution in [0.25, 0.3) is 0 Å². The molecule has 0 radical (unpaired) electrons. The fourth-order valence-corrected chi connectivity index (χ4v) is 2.29. The molecule has 0 aliphatic carbocycles. The lowest BCUT2D eigenvalue weighted by Crippen LogP contribution is -2.16. The third-order valence-electron chi connectivity index (χ3n) is 3.56. The topological polar surface area (TPSA) is 66.9 Å². The Morgan fingerprint density at radius 1 is 1.17 bits per heavy atom. The predicted molar refractivity (Wildman–Crippen MR) is 93.9 cm³/mol. The molecule has 1 heterocycles. The first-order valence-corrected chi connectivity index (χ1v) is 7.78. The fraction of sp³-hybridized carbons (Fsp3) is 0.278. The van der Waals surface area contributed by atoms with Crippen LogP contribution in [-0.4, -0.2) is 22.4 Å². The SMILES string of the molecule is C=CCNc1ncc(C(=O)Nc2c(CC)cccc2CC)cn1. The van der Waals surface area contributed by atoms with Gasteiger partial charge in [0.1, 0.15) is 0 Å². The number of nitrogens with zero attached hydrogens (tertiary/aromatic N) is 2. The summed E-state index contributed by atoms with van der Waals surface area (Å²) in [6.45, 7) is 8.35. The van der Waals surface area contributed by atoms with Crippen LogP contribution in [-0.2, 0) is 12.8 Å². The normalized spacial score (nSPS) is 10.2. The number of amides is 1. The van der Waals surface area contributed by atoms with Crippen molar-refractivity contribution in [2.45, 2.75) is 26.7 Å². The first-order valence-electron chi connectivity index (χ1n) is 7.78. The number of hydrogen-bond donors (Lipinski definition) is 2. The molecule has 1 aromatic carbocycles. The summed E-state index contributed by atoms with van der Waals surface area (Å²) in [4.78, 5) is 20.7. The van der Waals surface area contributed by atoms with Gasteiger partial charge in [-0.05, 0) is 24.0 Å². The van der Waals surface area contributed by atoms with Gasteiger partial charge in [-0.3, -0.25) is 4.79 Å². The highest BCUT2D eigenvalue weighted by molar-refractivity contribution is 6.04. The van der Waals surface area contributed by atoms with Crippen molar-refractivity contribution in [2.75, 3.05) is 17.2 Å². The van der Waals surface area contributed by atoms with Gasteiger partial charge < -0.3 is 10.6 Å². The highest BCUT2D eigenvalue weighted by Crippen LogP contribution is 2.23. The molecule has 2 aromatic rings. The van der Waals surface area contributed by atoms with Gasteiger partial charge in [-0.15, -0.1) is 6.58 Å². The zero-order valence-corrected chi connectivity index (χ0v) is 13.6. The van der Waals surface area contributed by atoms with Crippen molar-refractivity contribution in [3.63, 3.8) is 0 Å². The summed E-state index contributed by atoms with van der Waals surface area (Å²) < 4.78 is 0. The molecule has 0 aliphatic heterocycles. The fourth-order valence-electron chi connectivity index (χ4n) is 2.29. The van der Waals surface area contributed by atoms with Gasteiger partial charge in [-0.1, -0.05) is 38.1 Å². The number of anilines is 2. The van der Waals surface area contributed by atoms with E-state index in [1.807, 2.05) is 18.2 Å². The van der Waals surface area contributed by atoms with Gasteiger partial charge in [-0.25, -0.2) is 9.97 Å². The maximum absolute atomic E-state index is 12.4. The number of aryl methyl sites for hydroxylation is 2. The summed E-state index contributed by atoms with van der Waals surface area (Å²) in [6, 6.07) is 6.09. The van der Waals surface area contributed by atoms with Gasteiger partial charge in [0.25, 0.3) is 5.91 Å². The van der Waals surface area contributed by atoms with Crippen LogP contribution in [0.3, 0.4) is 0 Å². The minimum atomic E-state index is -0.198. The molecular formula is C18H22N4O. The molecule has 2 N–H and O–H groups in total. The molecule has 0 saturated heterocycles. The third-order valence-corrected chi connectivity index (χ3v) is 3.56. The average molecular weight is 310 g/mol. The monoisotopic (exact) mass is 310 g/mol. The smallest absolute Gasteiger partial charge is 0.258 e. The minimum Gasteiger partial charge on any atom is -0.351 e. The lowest BCUT2D eigenvalue weighted by molar-refractivity contribution is 0.102. The number of carbonyl (C=O) groups excluding carboxylic acids is 1. The van der Waals surface area contributed by atoms with Gasteiger partial charge in [-0.2, -0.15) is 0 Å². The maximum Gasteiger partial charge on any atom is 0.258 e. The molecule has 0 fully saturated rings. The van der Waals surface area contributed by atoms with E-state index < -0.39 is 0 Å². The van der Waals surface area contributed by atoms with Crippen LogP contribution < -0.4 is 10.6 Å². The Hall–Kier alpha value is -2.69. The Morgan fingerprint density at radius 3 is 2.30 bits per heavy atom. The molecule has 2 rings (SSSR count). The molecule has 1 amide bonds. The Morgan fingerprint density at radius 2 is 1.78 bits per heavy atom. The molecule has 0 unspecified atom stereocenters. The predicted octanol–water partition coefficient (Wildman–Crippen LogP) is 3.45.